The van der Waals surface area contributed by atoms with Crippen LogP contribution in [0.5, 0.6) is 0 Å². The van der Waals surface area contributed by atoms with Gasteiger partial charge in [-0.15, -0.1) is 0 Å². The van der Waals surface area contributed by atoms with Gasteiger partial charge in [-0.2, -0.15) is 5.10 Å². The molecule has 3 N–H and O–H groups in total. The molecule has 1 atom stereocenters. The maximum Gasteiger partial charge on any atom is 0.271 e. The van der Waals surface area contributed by atoms with Crippen molar-refractivity contribution in [3.8, 4) is 0 Å². The number of amides is 1. The Bertz CT molecular complexity index is 346. The van der Waals surface area contributed by atoms with Crippen LogP contribution in [0.15, 0.2) is 12.3 Å². The van der Waals surface area contributed by atoms with Gasteiger partial charge in [0.1, 0.15) is 5.69 Å². The SMILES string of the molecule is O=C(c1ccn[nH]1)N(CCO)CC1CCCN1. The maximum atomic E-state index is 12.1. The minimum absolute atomic E-state index is 0.0212. The number of aromatic amines is 1. The van der Waals surface area contributed by atoms with Gasteiger partial charge in [0.25, 0.3) is 5.91 Å². The molecule has 1 fully saturated rings. The Morgan fingerprint density at radius 1 is 1.65 bits per heavy atom. The Hall–Kier alpha value is -1.40. The summed E-state index contributed by atoms with van der Waals surface area (Å²) in [5.41, 5.74) is 0.469. The van der Waals surface area contributed by atoms with Crippen LogP contribution in [0.1, 0.15) is 23.3 Å². The van der Waals surface area contributed by atoms with E-state index in [2.05, 4.69) is 15.5 Å². The number of carbonyl (C=O) groups is 1. The van der Waals surface area contributed by atoms with Crippen molar-refractivity contribution in [2.24, 2.45) is 0 Å². The molecule has 0 aromatic carbocycles. The Morgan fingerprint density at radius 3 is 3.12 bits per heavy atom. The van der Waals surface area contributed by atoms with Crippen molar-refractivity contribution in [3.63, 3.8) is 0 Å². The van der Waals surface area contributed by atoms with Crippen LogP contribution in [0.4, 0.5) is 0 Å². The van der Waals surface area contributed by atoms with Crippen molar-refractivity contribution in [1.29, 1.82) is 0 Å². The van der Waals surface area contributed by atoms with Gasteiger partial charge in [0.15, 0.2) is 0 Å². The minimum Gasteiger partial charge on any atom is -0.395 e. The van der Waals surface area contributed by atoms with E-state index in [-0.39, 0.29) is 12.5 Å². The first-order valence-electron chi connectivity index (χ1n) is 5.94. The van der Waals surface area contributed by atoms with E-state index in [1.54, 1.807) is 17.2 Å². The van der Waals surface area contributed by atoms with Gasteiger partial charge in [0, 0.05) is 25.3 Å². The van der Waals surface area contributed by atoms with Crippen molar-refractivity contribution in [2.75, 3.05) is 26.2 Å². The topological polar surface area (TPSA) is 81.2 Å². The Balaban J connectivity index is 1.98. The zero-order valence-corrected chi connectivity index (χ0v) is 9.72. The number of nitrogens with zero attached hydrogens (tertiary/aromatic N) is 2. The van der Waals surface area contributed by atoms with Crippen molar-refractivity contribution in [1.82, 2.24) is 20.4 Å². The van der Waals surface area contributed by atoms with E-state index in [1.807, 2.05) is 0 Å². The number of carbonyl (C=O) groups excluding carboxylic acids is 1. The van der Waals surface area contributed by atoms with Gasteiger partial charge in [0.05, 0.1) is 6.61 Å². The van der Waals surface area contributed by atoms with Crippen molar-refractivity contribution < 1.29 is 9.90 Å². The number of aliphatic hydroxyl groups is 1. The predicted octanol–water partition coefficient (Wildman–Crippen LogP) is -0.404. The van der Waals surface area contributed by atoms with Crippen molar-refractivity contribution in [2.45, 2.75) is 18.9 Å². The van der Waals surface area contributed by atoms with E-state index >= 15 is 0 Å². The Kier molecular flexibility index (Phi) is 4.11. The fourth-order valence-electron chi connectivity index (χ4n) is 2.12. The molecule has 2 heterocycles. The van der Waals surface area contributed by atoms with Gasteiger partial charge >= 0.3 is 0 Å². The summed E-state index contributed by atoms with van der Waals surface area (Å²) in [4.78, 5) is 13.8. The Morgan fingerprint density at radius 2 is 2.53 bits per heavy atom. The first kappa shape index (κ1) is 12.1. The summed E-state index contributed by atoms with van der Waals surface area (Å²) in [6.07, 6.45) is 3.78. The maximum absolute atomic E-state index is 12.1. The molecule has 0 saturated carbocycles. The summed E-state index contributed by atoms with van der Waals surface area (Å²) < 4.78 is 0. The van der Waals surface area contributed by atoms with E-state index in [0.29, 0.717) is 24.8 Å². The van der Waals surface area contributed by atoms with E-state index in [0.717, 1.165) is 19.4 Å². The average Bonchev–Trinajstić information content (AvgIpc) is 3.00. The molecule has 0 spiro atoms. The third-order valence-electron chi connectivity index (χ3n) is 2.99. The van der Waals surface area contributed by atoms with E-state index < -0.39 is 0 Å². The molecular weight excluding hydrogens is 220 g/mol. The summed E-state index contributed by atoms with van der Waals surface area (Å²) in [6.45, 7) is 1.98. The van der Waals surface area contributed by atoms with E-state index in [4.69, 9.17) is 5.11 Å². The first-order chi connectivity index (χ1) is 8.31. The summed E-state index contributed by atoms with van der Waals surface area (Å²) in [5, 5.41) is 18.8. The molecule has 6 nitrogen and oxygen atoms in total. The second kappa shape index (κ2) is 5.79. The number of nitrogens with one attached hydrogen (secondary N) is 2. The van der Waals surface area contributed by atoms with Gasteiger partial charge in [-0.05, 0) is 25.5 Å². The third-order valence-corrected chi connectivity index (χ3v) is 2.99. The normalized spacial score (nSPS) is 19.5. The highest BCUT2D eigenvalue weighted by Crippen LogP contribution is 2.09. The average molecular weight is 238 g/mol. The number of hydrogen-bond donors (Lipinski definition) is 3. The highest BCUT2D eigenvalue weighted by atomic mass is 16.3. The molecule has 2 rings (SSSR count). The highest BCUT2D eigenvalue weighted by Gasteiger charge is 2.22. The predicted molar refractivity (Wildman–Crippen MR) is 62.6 cm³/mol. The van der Waals surface area contributed by atoms with Gasteiger partial charge in [0.2, 0.25) is 0 Å². The largest absolute Gasteiger partial charge is 0.395 e. The summed E-state index contributed by atoms with van der Waals surface area (Å²) in [5.74, 6) is -0.106. The van der Waals surface area contributed by atoms with Crippen LogP contribution in [0.3, 0.4) is 0 Å². The lowest BCUT2D eigenvalue weighted by Crippen LogP contribution is -2.42. The standard InChI is InChI=1S/C11H18N4O2/c16-7-6-15(8-9-2-1-4-12-9)11(17)10-3-5-13-14-10/h3,5,9,12,16H,1-2,4,6-8H2,(H,13,14). The number of H-pyrrole nitrogens is 1. The number of hydrogen-bond acceptors (Lipinski definition) is 4. The van der Waals surface area contributed by atoms with Crippen molar-refractivity contribution in [3.05, 3.63) is 18.0 Å². The molecule has 1 amide bonds. The third kappa shape index (κ3) is 3.04. The van der Waals surface area contributed by atoms with Crippen LogP contribution >= 0.6 is 0 Å². The quantitative estimate of drug-likeness (QED) is 0.652. The molecule has 1 aromatic heterocycles. The van der Waals surface area contributed by atoms with Gasteiger partial charge in [-0.25, -0.2) is 0 Å². The zero-order chi connectivity index (χ0) is 12.1. The highest BCUT2D eigenvalue weighted by molar-refractivity contribution is 5.92. The molecule has 0 bridgehead atoms. The fourth-order valence-corrected chi connectivity index (χ4v) is 2.12. The van der Waals surface area contributed by atoms with Crippen LogP contribution in [0, 0.1) is 0 Å². The molecule has 1 saturated heterocycles. The second-order valence-corrected chi connectivity index (χ2v) is 4.24. The van der Waals surface area contributed by atoms with Crippen molar-refractivity contribution >= 4 is 5.91 Å². The fraction of sp³-hybridized carbons (Fsp3) is 0.636. The molecule has 1 aromatic rings. The van der Waals surface area contributed by atoms with Crippen LogP contribution in [0.25, 0.3) is 0 Å². The molecule has 1 aliphatic heterocycles. The van der Waals surface area contributed by atoms with E-state index in [1.165, 1.54) is 0 Å². The molecule has 1 unspecified atom stereocenters. The number of rotatable bonds is 5. The van der Waals surface area contributed by atoms with Crippen LogP contribution in [-0.2, 0) is 0 Å². The van der Waals surface area contributed by atoms with Crippen LogP contribution in [0.2, 0.25) is 0 Å². The van der Waals surface area contributed by atoms with Gasteiger partial charge < -0.3 is 15.3 Å². The molecular formula is C11H18N4O2. The second-order valence-electron chi connectivity index (χ2n) is 4.24. The Labute approximate surface area is 100 Å². The van der Waals surface area contributed by atoms with Gasteiger partial charge in [-0.1, -0.05) is 0 Å². The summed E-state index contributed by atoms with van der Waals surface area (Å²) >= 11 is 0. The first-order valence-corrected chi connectivity index (χ1v) is 5.94. The van der Waals surface area contributed by atoms with E-state index in [9.17, 15) is 4.79 Å². The lowest BCUT2D eigenvalue weighted by Gasteiger charge is -2.24. The van der Waals surface area contributed by atoms with Gasteiger partial charge in [-0.3, -0.25) is 9.89 Å². The summed E-state index contributed by atoms with van der Waals surface area (Å²) in [6, 6.07) is 1.99. The molecule has 0 aliphatic carbocycles. The lowest BCUT2D eigenvalue weighted by molar-refractivity contribution is 0.0700. The smallest absolute Gasteiger partial charge is 0.271 e. The minimum atomic E-state index is -0.106. The monoisotopic (exact) mass is 238 g/mol. The van der Waals surface area contributed by atoms with Crippen LogP contribution in [-0.4, -0.2) is 58.4 Å². The van der Waals surface area contributed by atoms with Crippen LogP contribution < -0.4 is 5.32 Å². The summed E-state index contributed by atoms with van der Waals surface area (Å²) in [7, 11) is 0. The molecule has 1 aliphatic rings. The zero-order valence-electron chi connectivity index (χ0n) is 9.72. The molecule has 94 valence electrons. The number of aromatic nitrogens is 2. The molecule has 17 heavy (non-hydrogen) atoms. The lowest BCUT2D eigenvalue weighted by atomic mass is 10.2. The molecule has 0 radical (unpaired) electrons. The number of aliphatic hydroxyl groups excluding tert-OH is 1. The molecule has 6 heteroatoms.